The van der Waals surface area contributed by atoms with Crippen LogP contribution in [0.1, 0.15) is 12.5 Å². The largest absolute Gasteiger partial charge is 0.497 e. The minimum absolute atomic E-state index is 0.138. The Morgan fingerprint density at radius 1 is 1.23 bits per heavy atom. The molecule has 0 fully saturated rings. The zero-order chi connectivity index (χ0) is 19.1. The quantitative estimate of drug-likeness (QED) is 0.718. The predicted octanol–water partition coefficient (Wildman–Crippen LogP) is 4.31. The molecule has 0 spiro atoms. The number of methoxy groups -OCH3 is 1. The molecule has 0 aliphatic heterocycles. The summed E-state index contributed by atoms with van der Waals surface area (Å²) in [4.78, 5) is 14.1. The standard InChI is InChI=1S/C19H22ClN3O2S/c1-4-23(19(26)22-17-10-6-9-16(20)13(17)2)12-18(24)21-14-7-5-8-15(11-14)25-3/h5-11H,4,12H2,1-3H3,(H,21,24)(H,22,26). The van der Waals surface area contributed by atoms with Gasteiger partial charge in [-0.15, -0.1) is 0 Å². The Balaban J connectivity index is 1.99. The Labute approximate surface area is 164 Å². The summed E-state index contributed by atoms with van der Waals surface area (Å²) in [6.45, 7) is 4.59. The Morgan fingerprint density at radius 2 is 1.96 bits per heavy atom. The fourth-order valence-corrected chi connectivity index (χ4v) is 2.82. The first-order chi connectivity index (χ1) is 12.4. The highest BCUT2D eigenvalue weighted by Crippen LogP contribution is 2.23. The minimum Gasteiger partial charge on any atom is -0.497 e. The van der Waals surface area contributed by atoms with E-state index >= 15 is 0 Å². The molecule has 0 radical (unpaired) electrons. The predicted molar refractivity (Wildman–Crippen MR) is 111 cm³/mol. The van der Waals surface area contributed by atoms with Crippen LogP contribution in [0.25, 0.3) is 0 Å². The smallest absolute Gasteiger partial charge is 0.243 e. The lowest BCUT2D eigenvalue weighted by Crippen LogP contribution is -2.40. The number of ether oxygens (including phenoxy) is 1. The molecule has 0 atom stereocenters. The molecule has 2 aromatic rings. The van der Waals surface area contributed by atoms with Crippen molar-refractivity contribution >= 4 is 46.2 Å². The Morgan fingerprint density at radius 3 is 2.65 bits per heavy atom. The van der Waals surface area contributed by atoms with Gasteiger partial charge in [0.1, 0.15) is 5.75 Å². The summed E-state index contributed by atoms with van der Waals surface area (Å²) in [6, 6.07) is 12.8. The van der Waals surface area contributed by atoms with E-state index in [1.807, 2.05) is 50.2 Å². The number of rotatable bonds is 6. The van der Waals surface area contributed by atoms with E-state index in [2.05, 4.69) is 10.6 Å². The van der Waals surface area contributed by atoms with Gasteiger partial charge in [0.05, 0.1) is 13.7 Å². The van der Waals surface area contributed by atoms with Gasteiger partial charge in [0.25, 0.3) is 0 Å². The second-order valence-electron chi connectivity index (χ2n) is 5.64. The number of likely N-dealkylation sites (N-methyl/N-ethyl adjacent to an activating group) is 1. The number of anilines is 2. The van der Waals surface area contributed by atoms with Crippen LogP contribution in [-0.2, 0) is 4.79 Å². The van der Waals surface area contributed by atoms with Gasteiger partial charge in [-0.3, -0.25) is 4.79 Å². The van der Waals surface area contributed by atoms with Gasteiger partial charge in [-0.1, -0.05) is 23.7 Å². The molecule has 0 heterocycles. The van der Waals surface area contributed by atoms with Crippen molar-refractivity contribution in [3.05, 3.63) is 53.1 Å². The van der Waals surface area contributed by atoms with Gasteiger partial charge in [-0.25, -0.2) is 0 Å². The second-order valence-corrected chi connectivity index (χ2v) is 6.43. The molecule has 0 aromatic heterocycles. The lowest BCUT2D eigenvalue weighted by Gasteiger charge is -2.24. The van der Waals surface area contributed by atoms with Crippen LogP contribution in [0.15, 0.2) is 42.5 Å². The maximum Gasteiger partial charge on any atom is 0.243 e. The molecule has 0 aliphatic carbocycles. The van der Waals surface area contributed by atoms with Crippen LogP contribution in [0, 0.1) is 6.92 Å². The lowest BCUT2D eigenvalue weighted by atomic mass is 10.2. The number of carbonyl (C=O) groups is 1. The van der Waals surface area contributed by atoms with Crippen molar-refractivity contribution < 1.29 is 9.53 Å². The number of hydrogen-bond donors (Lipinski definition) is 2. The second kappa shape index (κ2) is 9.40. The number of nitrogens with zero attached hydrogens (tertiary/aromatic N) is 1. The van der Waals surface area contributed by atoms with Gasteiger partial charge in [0.2, 0.25) is 5.91 Å². The highest BCUT2D eigenvalue weighted by molar-refractivity contribution is 7.80. The third-order valence-corrected chi connectivity index (χ3v) is 4.64. The van der Waals surface area contributed by atoms with E-state index in [-0.39, 0.29) is 12.5 Å². The average Bonchev–Trinajstić information content (AvgIpc) is 2.63. The SMILES string of the molecule is CCN(CC(=O)Nc1cccc(OC)c1)C(=S)Nc1cccc(Cl)c1C. The zero-order valence-corrected chi connectivity index (χ0v) is 16.6. The van der Waals surface area contributed by atoms with Crippen LogP contribution >= 0.6 is 23.8 Å². The van der Waals surface area contributed by atoms with Gasteiger partial charge in [0.15, 0.2) is 5.11 Å². The molecular weight excluding hydrogens is 370 g/mol. The Hall–Kier alpha value is -2.31. The highest BCUT2D eigenvalue weighted by atomic mass is 35.5. The molecular formula is C19H22ClN3O2S. The van der Waals surface area contributed by atoms with Gasteiger partial charge in [-0.2, -0.15) is 0 Å². The third kappa shape index (κ3) is 5.34. The molecule has 5 nitrogen and oxygen atoms in total. The summed E-state index contributed by atoms with van der Waals surface area (Å²) in [5, 5.41) is 7.15. The molecule has 2 rings (SSSR count). The fraction of sp³-hybridized carbons (Fsp3) is 0.263. The molecule has 0 saturated heterocycles. The summed E-state index contributed by atoms with van der Waals surface area (Å²) >= 11 is 11.6. The van der Waals surface area contributed by atoms with Gasteiger partial charge >= 0.3 is 0 Å². The number of carbonyl (C=O) groups excluding carboxylic acids is 1. The molecule has 1 amide bonds. The number of hydrogen-bond acceptors (Lipinski definition) is 3. The molecule has 7 heteroatoms. The maximum atomic E-state index is 12.4. The number of halogens is 1. The van der Waals surface area contributed by atoms with Crippen molar-refractivity contribution in [1.29, 1.82) is 0 Å². The summed E-state index contributed by atoms with van der Waals surface area (Å²) < 4.78 is 5.16. The minimum atomic E-state index is -0.160. The van der Waals surface area contributed by atoms with E-state index in [4.69, 9.17) is 28.6 Å². The van der Waals surface area contributed by atoms with Crippen LogP contribution in [-0.4, -0.2) is 36.1 Å². The van der Waals surface area contributed by atoms with Crippen LogP contribution in [0.3, 0.4) is 0 Å². The van der Waals surface area contributed by atoms with E-state index in [0.29, 0.717) is 28.1 Å². The first-order valence-corrected chi connectivity index (χ1v) is 8.98. The van der Waals surface area contributed by atoms with Crippen molar-refractivity contribution in [1.82, 2.24) is 4.90 Å². The van der Waals surface area contributed by atoms with E-state index in [9.17, 15) is 4.79 Å². The molecule has 2 N–H and O–H groups in total. The first kappa shape index (κ1) is 20.0. The van der Waals surface area contributed by atoms with Crippen LogP contribution in [0.2, 0.25) is 5.02 Å². The summed E-state index contributed by atoms with van der Waals surface area (Å²) in [5.41, 5.74) is 2.41. The van der Waals surface area contributed by atoms with E-state index in [1.165, 1.54) is 0 Å². The lowest BCUT2D eigenvalue weighted by molar-refractivity contribution is -0.116. The van der Waals surface area contributed by atoms with E-state index < -0.39 is 0 Å². The number of thiocarbonyl (C=S) groups is 1. The van der Waals surface area contributed by atoms with Gasteiger partial charge < -0.3 is 20.3 Å². The van der Waals surface area contributed by atoms with Gasteiger partial charge in [-0.05, 0) is 55.9 Å². The maximum absolute atomic E-state index is 12.4. The molecule has 0 saturated carbocycles. The van der Waals surface area contributed by atoms with E-state index in [1.54, 1.807) is 18.1 Å². The number of nitrogens with one attached hydrogen (secondary N) is 2. The monoisotopic (exact) mass is 391 g/mol. The molecule has 2 aromatic carbocycles. The Bertz CT molecular complexity index is 798. The van der Waals surface area contributed by atoms with Crippen molar-refractivity contribution in [3.8, 4) is 5.75 Å². The topological polar surface area (TPSA) is 53.6 Å². The van der Waals surface area contributed by atoms with Gasteiger partial charge in [0, 0.05) is 29.0 Å². The number of benzene rings is 2. The Kier molecular flexibility index (Phi) is 7.24. The van der Waals surface area contributed by atoms with Crippen LogP contribution in [0.4, 0.5) is 11.4 Å². The molecule has 138 valence electrons. The van der Waals surface area contributed by atoms with Crippen molar-refractivity contribution in [2.24, 2.45) is 0 Å². The van der Waals surface area contributed by atoms with E-state index in [0.717, 1.165) is 11.3 Å². The molecule has 0 unspecified atom stereocenters. The highest BCUT2D eigenvalue weighted by Gasteiger charge is 2.14. The molecule has 0 aliphatic rings. The average molecular weight is 392 g/mol. The normalized spacial score (nSPS) is 10.2. The molecule has 26 heavy (non-hydrogen) atoms. The van der Waals surface area contributed by atoms with Crippen LogP contribution < -0.4 is 15.4 Å². The fourth-order valence-electron chi connectivity index (χ4n) is 2.34. The summed E-state index contributed by atoms with van der Waals surface area (Å²) in [6.07, 6.45) is 0. The van der Waals surface area contributed by atoms with Crippen molar-refractivity contribution in [2.45, 2.75) is 13.8 Å². The summed E-state index contributed by atoms with van der Waals surface area (Å²) in [7, 11) is 1.59. The summed E-state index contributed by atoms with van der Waals surface area (Å²) in [5.74, 6) is 0.524. The number of amides is 1. The van der Waals surface area contributed by atoms with Crippen molar-refractivity contribution in [2.75, 3.05) is 30.8 Å². The van der Waals surface area contributed by atoms with Crippen LogP contribution in [0.5, 0.6) is 5.75 Å². The first-order valence-electron chi connectivity index (χ1n) is 8.19. The third-order valence-electron chi connectivity index (χ3n) is 3.87. The van der Waals surface area contributed by atoms with Crippen molar-refractivity contribution in [3.63, 3.8) is 0 Å². The molecule has 0 bridgehead atoms. The zero-order valence-electron chi connectivity index (χ0n) is 15.0.